The third kappa shape index (κ3) is 12.5. The van der Waals surface area contributed by atoms with E-state index >= 15 is 0 Å². The lowest BCUT2D eigenvalue weighted by atomic mass is 10.1. The minimum atomic E-state index is 0.0357. The molecule has 0 aliphatic carbocycles. The number of hydrogen-bond donors (Lipinski definition) is 0. The average molecular weight is 481 g/mol. The molecule has 4 heteroatoms. The second kappa shape index (κ2) is 18.4. The molecule has 0 radical (unpaired) electrons. The van der Waals surface area contributed by atoms with Crippen LogP contribution in [0.25, 0.3) is 11.4 Å². The predicted molar refractivity (Wildman–Crippen MR) is 151 cm³/mol. The fourth-order valence-corrected chi connectivity index (χ4v) is 5.62. The molecule has 0 N–H and O–H groups in total. The van der Waals surface area contributed by atoms with Crippen LogP contribution in [0.2, 0.25) is 6.04 Å². The average Bonchev–Trinajstić information content (AvgIpc) is 2.88. The van der Waals surface area contributed by atoms with Crippen LogP contribution in [0.5, 0.6) is 5.75 Å². The third-order valence-electron chi connectivity index (χ3n) is 6.61. The number of benzene rings is 1. The first-order chi connectivity index (χ1) is 16.7. The van der Waals surface area contributed by atoms with Gasteiger partial charge >= 0.3 is 0 Å². The van der Waals surface area contributed by atoms with Crippen molar-refractivity contribution >= 4 is 9.52 Å². The Bertz CT molecular complexity index is 786. The maximum absolute atomic E-state index is 5.93. The Morgan fingerprint density at radius 2 is 1.44 bits per heavy atom. The van der Waals surface area contributed by atoms with Gasteiger partial charge in [0.15, 0.2) is 5.82 Å². The van der Waals surface area contributed by atoms with Gasteiger partial charge in [-0.1, -0.05) is 88.4 Å². The predicted octanol–water partition coefficient (Wildman–Crippen LogP) is 8.28. The Morgan fingerprint density at radius 3 is 2.12 bits per heavy atom. The summed E-state index contributed by atoms with van der Waals surface area (Å²) < 4.78 is 5.93. The lowest BCUT2D eigenvalue weighted by molar-refractivity contribution is 0.305. The quantitative estimate of drug-likeness (QED) is 0.150. The highest BCUT2D eigenvalue weighted by molar-refractivity contribution is 6.44. The summed E-state index contributed by atoms with van der Waals surface area (Å²) in [6.45, 7) is 7.52. The molecule has 1 aromatic carbocycles. The van der Waals surface area contributed by atoms with Gasteiger partial charge in [-0.25, -0.2) is 9.97 Å². The summed E-state index contributed by atoms with van der Waals surface area (Å²) in [7, 11) is 0.0357. The molecule has 188 valence electrons. The molecule has 0 amide bonds. The number of nitrogens with zero attached hydrogens (tertiary/aromatic N) is 2. The summed E-state index contributed by atoms with van der Waals surface area (Å²) >= 11 is 0. The molecule has 2 aromatic rings. The van der Waals surface area contributed by atoms with Gasteiger partial charge in [0.25, 0.3) is 0 Å². The van der Waals surface area contributed by atoms with Gasteiger partial charge in [-0.2, -0.15) is 0 Å². The SMILES string of the molecule is CC=C(C)[SiH2]CCCCCCOc1ccc(-c2ncc(CCCCCCCCCC)cn2)cc1. The Morgan fingerprint density at radius 1 is 0.824 bits per heavy atom. The van der Waals surface area contributed by atoms with E-state index in [2.05, 4.69) is 48.9 Å². The zero-order chi connectivity index (χ0) is 24.3. The topological polar surface area (TPSA) is 35.0 Å². The van der Waals surface area contributed by atoms with Gasteiger partial charge in [0.1, 0.15) is 5.75 Å². The summed E-state index contributed by atoms with van der Waals surface area (Å²) in [6.07, 6.45) is 23.3. The third-order valence-corrected chi connectivity index (χ3v) is 8.66. The summed E-state index contributed by atoms with van der Waals surface area (Å²) in [5, 5.41) is 1.65. The van der Waals surface area contributed by atoms with Gasteiger partial charge < -0.3 is 4.74 Å². The van der Waals surface area contributed by atoms with Crippen LogP contribution in [0.4, 0.5) is 0 Å². The molecule has 0 aliphatic rings. The summed E-state index contributed by atoms with van der Waals surface area (Å²) in [4.78, 5) is 9.20. The number of aromatic nitrogens is 2. The van der Waals surface area contributed by atoms with Crippen LogP contribution in [0.1, 0.15) is 103 Å². The fraction of sp³-hybridized carbons (Fsp3) is 0.600. The van der Waals surface area contributed by atoms with Crippen LogP contribution < -0.4 is 4.74 Å². The first-order valence-electron chi connectivity index (χ1n) is 13.9. The van der Waals surface area contributed by atoms with E-state index in [0.29, 0.717) is 0 Å². The highest BCUT2D eigenvalue weighted by Crippen LogP contribution is 2.20. The molecule has 0 spiro atoms. The number of aryl methyl sites for hydroxylation is 1. The van der Waals surface area contributed by atoms with Gasteiger partial charge in [0.05, 0.1) is 6.61 Å². The van der Waals surface area contributed by atoms with Crippen molar-refractivity contribution in [1.82, 2.24) is 9.97 Å². The molecule has 3 nitrogen and oxygen atoms in total. The van der Waals surface area contributed by atoms with Crippen molar-refractivity contribution in [3.05, 3.63) is 53.5 Å². The smallest absolute Gasteiger partial charge is 0.159 e. The minimum absolute atomic E-state index is 0.0357. The second-order valence-corrected chi connectivity index (χ2v) is 12.0. The fourth-order valence-electron chi connectivity index (χ4n) is 4.17. The lowest BCUT2D eigenvalue weighted by Gasteiger charge is -2.08. The highest BCUT2D eigenvalue weighted by atomic mass is 28.2. The normalized spacial score (nSPS) is 12.0. The molecule has 0 fully saturated rings. The van der Waals surface area contributed by atoms with Crippen LogP contribution in [-0.4, -0.2) is 26.1 Å². The number of allylic oxidation sites excluding steroid dienone is 2. The molecule has 0 aliphatic heterocycles. The van der Waals surface area contributed by atoms with E-state index in [1.54, 1.807) is 5.20 Å². The zero-order valence-electron chi connectivity index (χ0n) is 22.2. The number of unbranched alkanes of at least 4 members (excludes halogenated alkanes) is 10. The Balaban J connectivity index is 1.59. The van der Waals surface area contributed by atoms with E-state index in [0.717, 1.165) is 36.6 Å². The second-order valence-electron chi connectivity index (χ2n) is 9.67. The molecule has 1 heterocycles. The molecular formula is C30H48N2OSi. The van der Waals surface area contributed by atoms with Crippen molar-refractivity contribution in [1.29, 1.82) is 0 Å². The van der Waals surface area contributed by atoms with Crippen molar-refractivity contribution in [2.45, 2.75) is 110 Å². The van der Waals surface area contributed by atoms with Gasteiger partial charge in [0, 0.05) is 27.5 Å². The zero-order valence-corrected chi connectivity index (χ0v) is 23.6. The molecule has 34 heavy (non-hydrogen) atoms. The highest BCUT2D eigenvalue weighted by Gasteiger charge is 2.03. The van der Waals surface area contributed by atoms with Crippen LogP contribution in [0.3, 0.4) is 0 Å². The van der Waals surface area contributed by atoms with Crippen molar-refractivity contribution in [2.24, 2.45) is 0 Å². The molecule has 0 bridgehead atoms. The Labute approximate surface area is 211 Å². The first-order valence-corrected chi connectivity index (χ1v) is 15.6. The van der Waals surface area contributed by atoms with Gasteiger partial charge in [-0.3, -0.25) is 0 Å². The lowest BCUT2D eigenvalue weighted by Crippen LogP contribution is -1.98. The van der Waals surface area contributed by atoms with E-state index in [4.69, 9.17) is 4.74 Å². The van der Waals surface area contributed by atoms with Crippen molar-refractivity contribution in [2.75, 3.05) is 6.61 Å². The van der Waals surface area contributed by atoms with Crippen LogP contribution in [0, 0.1) is 0 Å². The largest absolute Gasteiger partial charge is 0.494 e. The van der Waals surface area contributed by atoms with Crippen LogP contribution in [-0.2, 0) is 6.42 Å². The minimum Gasteiger partial charge on any atom is -0.494 e. The number of rotatable bonds is 19. The Kier molecular flexibility index (Phi) is 15.3. The molecule has 2 rings (SSSR count). The van der Waals surface area contributed by atoms with Gasteiger partial charge in [0.2, 0.25) is 0 Å². The summed E-state index contributed by atoms with van der Waals surface area (Å²) in [5.41, 5.74) is 2.29. The van der Waals surface area contributed by atoms with Crippen molar-refractivity contribution < 1.29 is 4.74 Å². The van der Waals surface area contributed by atoms with Crippen molar-refractivity contribution in [3.63, 3.8) is 0 Å². The monoisotopic (exact) mass is 480 g/mol. The van der Waals surface area contributed by atoms with Crippen LogP contribution in [0.15, 0.2) is 47.9 Å². The first kappa shape index (κ1) is 28.3. The number of hydrogen-bond acceptors (Lipinski definition) is 3. The Hall–Kier alpha value is -1.94. The van der Waals surface area contributed by atoms with Crippen molar-refractivity contribution in [3.8, 4) is 17.1 Å². The van der Waals surface area contributed by atoms with Gasteiger partial charge in [-0.05, 0) is 62.9 Å². The van der Waals surface area contributed by atoms with Crippen LogP contribution >= 0.6 is 0 Å². The maximum atomic E-state index is 5.93. The molecule has 0 saturated carbocycles. The maximum Gasteiger partial charge on any atom is 0.159 e. The van der Waals surface area contributed by atoms with E-state index in [1.807, 2.05) is 24.5 Å². The van der Waals surface area contributed by atoms with E-state index < -0.39 is 0 Å². The molecule has 1 aromatic heterocycles. The van der Waals surface area contributed by atoms with Gasteiger partial charge in [-0.15, -0.1) is 0 Å². The molecular weight excluding hydrogens is 432 g/mol. The van der Waals surface area contributed by atoms with E-state index in [1.165, 1.54) is 82.2 Å². The standard InChI is InChI=1S/C30H48N2OSi/c1-4-6-7-8-9-10-11-14-17-27-24-31-30(32-25-27)28-18-20-29(21-19-28)33-22-15-12-13-16-23-34-26(3)5-2/h5,18-21,24-25H,4,6-17,22-23,34H2,1-3H3. The van der Waals surface area contributed by atoms with E-state index in [9.17, 15) is 0 Å². The molecule has 0 saturated heterocycles. The van der Waals surface area contributed by atoms with E-state index in [-0.39, 0.29) is 9.52 Å². The summed E-state index contributed by atoms with van der Waals surface area (Å²) in [5.74, 6) is 1.73. The summed E-state index contributed by atoms with van der Waals surface area (Å²) in [6, 6.07) is 9.66. The molecule has 0 atom stereocenters. The number of ether oxygens (including phenoxy) is 1. The molecule has 0 unspecified atom stereocenters.